The molecule has 112 valence electrons. The first-order chi connectivity index (χ1) is 9.88. The van der Waals surface area contributed by atoms with Crippen LogP contribution in [0, 0.1) is 11.3 Å². The SMILES string of the molecule is CCCCNC(=O)/C(C#N)=C/c1ccc(C(F)(F)F)cc1. The Morgan fingerprint density at radius 3 is 2.43 bits per heavy atom. The number of carbonyl (C=O) groups excluding carboxylic acids is 1. The third kappa shape index (κ3) is 5.30. The topological polar surface area (TPSA) is 52.9 Å². The number of rotatable bonds is 5. The number of nitriles is 1. The summed E-state index contributed by atoms with van der Waals surface area (Å²) in [5, 5.41) is 11.5. The Labute approximate surface area is 121 Å². The van der Waals surface area contributed by atoms with Crippen molar-refractivity contribution in [2.24, 2.45) is 0 Å². The van der Waals surface area contributed by atoms with Crippen LogP contribution in [0.15, 0.2) is 29.8 Å². The Balaban J connectivity index is 2.84. The Morgan fingerprint density at radius 1 is 1.33 bits per heavy atom. The van der Waals surface area contributed by atoms with Gasteiger partial charge in [-0.05, 0) is 30.2 Å². The predicted molar refractivity (Wildman–Crippen MR) is 73.0 cm³/mol. The van der Waals surface area contributed by atoms with Crippen LogP contribution >= 0.6 is 0 Å². The zero-order valence-corrected chi connectivity index (χ0v) is 11.5. The van der Waals surface area contributed by atoms with Crippen molar-refractivity contribution in [3.05, 3.63) is 41.0 Å². The molecule has 0 aliphatic rings. The first kappa shape index (κ1) is 16.8. The van der Waals surface area contributed by atoms with Gasteiger partial charge in [-0.1, -0.05) is 25.5 Å². The molecule has 0 saturated carbocycles. The highest BCUT2D eigenvalue weighted by molar-refractivity contribution is 6.01. The number of hydrogen-bond donors (Lipinski definition) is 1. The summed E-state index contributed by atoms with van der Waals surface area (Å²) in [5.74, 6) is -0.522. The van der Waals surface area contributed by atoms with E-state index >= 15 is 0 Å². The summed E-state index contributed by atoms with van der Waals surface area (Å²) < 4.78 is 37.3. The largest absolute Gasteiger partial charge is 0.416 e. The zero-order chi connectivity index (χ0) is 15.9. The fourth-order valence-electron chi connectivity index (χ4n) is 1.56. The van der Waals surface area contributed by atoms with Gasteiger partial charge in [0.1, 0.15) is 11.6 Å². The van der Waals surface area contributed by atoms with Gasteiger partial charge in [0.15, 0.2) is 0 Å². The van der Waals surface area contributed by atoms with Crippen molar-refractivity contribution in [1.82, 2.24) is 5.32 Å². The number of benzene rings is 1. The lowest BCUT2D eigenvalue weighted by Crippen LogP contribution is -2.25. The molecular weight excluding hydrogens is 281 g/mol. The summed E-state index contributed by atoms with van der Waals surface area (Å²) in [6, 6.07) is 6.02. The minimum Gasteiger partial charge on any atom is -0.351 e. The van der Waals surface area contributed by atoms with Gasteiger partial charge < -0.3 is 5.32 Å². The van der Waals surface area contributed by atoms with E-state index in [4.69, 9.17) is 5.26 Å². The summed E-state index contributed by atoms with van der Waals surface area (Å²) >= 11 is 0. The monoisotopic (exact) mass is 296 g/mol. The molecule has 0 unspecified atom stereocenters. The van der Waals surface area contributed by atoms with Crippen LogP contribution in [0.1, 0.15) is 30.9 Å². The highest BCUT2D eigenvalue weighted by Crippen LogP contribution is 2.29. The lowest BCUT2D eigenvalue weighted by molar-refractivity contribution is -0.137. The van der Waals surface area contributed by atoms with Gasteiger partial charge in [-0.3, -0.25) is 4.79 Å². The molecule has 21 heavy (non-hydrogen) atoms. The molecule has 0 aliphatic heterocycles. The molecule has 0 saturated heterocycles. The average molecular weight is 296 g/mol. The fraction of sp³-hybridized carbons (Fsp3) is 0.333. The molecule has 0 bridgehead atoms. The van der Waals surface area contributed by atoms with Crippen molar-refractivity contribution in [2.45, 2.75) is 25.9 Å². The van der Waals surface area contributed by atoms with Crippen molar-refractivity contribution >= 4 is 12.0 Å². The van der Waals surface area contributed by atoms with Crippen molar-refractivity contribution in [1.29, 1.82) is 5.26 Å². The van der Waals surface area contributed by atoms with Crippen LogP contribution in [0.3, 0.4) is 0 Å². The molecule has 0 heterocycles. The first-order valence-electron chi connectivity index (χ1n) is 6.45. The summed E-state index contributed by atoms with van der Waals surface area (Å²) in [6.07, 6.45) is -1.44. The Kier molecular flexibility index (Phi) is 5.97. The third-order valence-electron chi connectivity index (χ3n) is 2.73. The molecule has 0 aromatic heterocycles. The highest BCUT2D eigenvalue weighted by Gasteiger charge is 2.29. The van der Waals surface area contributed by atoms with Crippen molar-refractivity contribution < 1.29 is 18.0 Å². The van der Waals surface area contributed by atoms with E-state index in [2.05, 4.69) is 5.32 Å². The number of amides is 1. The summed E-state index contributed by atoms with van der Waals surface area (Å²) in [5.41, 5.74) is -0.540. The molecule has 6 heteroatoms. The number of nitrogens with zero attached hydrogens (tertiary/aromatic N) is 1. The molecule has 1 N–H and O–H groups in total. The maximum Gasteiger partial charge on any atom is 0.416 e. The van der Waals surface area contributed by atoms with Crippen LogP contribution in [0.5, 0.6) is 0 Å². The Hall–Kier alpha value is -2.29. The van der Waals surface area contributed by atoms with Crippen molar-refractivity contribution in [3.63, 3.8) is 0 Å². The standard InChI is InChI=1S/C15H15F3N2O/c1-2-3-8-20-14(21)12(10-19)9-11-4-6-13(7-5-11)15(16,17)18/h4-7,9H,2-3,8H2,1H3,(H,20,21)/b12-9+. The highest BCUT2D eigenvalue weighted by atomic mass is 19.4. The Bertz CT molecular complexity index is 554. The molecule has 0 aliphatic carbocycles. The second kappa shape index (κ2) is 7.48. The lowest BCUT2D eigenvalue weighted by atomic mass is 10.1. The maximum absolute atomic E-state index is 12.4. The molecule has 0 radical (unpaired) electrons. The van der Waals surface area contributed by atoms with Crippen LogP contribution < -0.4 is 5.32 Å². The van der Waals surface area contributed by atoms with E-state index in [-0.39, 0.29) is 5.57 Å². The molecule has 1 amide bonds. The number of halogens is 3. The summed E-state index contributed by atoms with van der Waals surface area (Å²) in [4.78, 5) is 11.7. The maximum atomic E-state index is 12.4. The molecule has 1 aromatic carbocycles. The number of alkyl halides is 3. The normalized spacial score (nSPS) is 11.9. The second-order valence-electron chi connectivity index (χ2n) is 4.40. The van der Waals surface area contributed by atoms with Crippen molar-refractivity contribution in [3.8, 4) is 6.07 Å². The predicted octanol–water partition coefficient (Wildman–Crippen LogP) is 3.53. The summed E-state index contributed by atoms with van der Waals surface area (Å²) in [7, 11) is 0. The minimum absolute atomic E-state index is 0.133. The van der Waals surface area contributed by atoms with E-state index in [0.717, 1.165) is 25.0 Å². The van der Waals surface area contributed by atoms with E-state index in [1.54, 1.807) is 6.07 Å². The number of carbonyl (C=O) groups is 1. The first-order valence-corrected chi connectivity index (χ1v) is 6.45. The molecule has 0 atom stereocenters. The van der Waals surface area contributed by atoms with E-state index in [1.165, 1.54) is 18.2 Å². The van der Waals surface area contributed by atoms with Gasteiger partial charge in [0.05, 0.1) is 5.56 Å². The van der Waals surface area contributed by atoms with Gasteiger partial charge in [0.2, 0.25) is 0 Å². The zero-order valence-electron chi connectivity index (χ0n) is 11.5. The van der Waals surface area contributed by atoms with Gasteiger partial charge >= 0.3 is 6.18 Å². The minimum atomic E-state index is -4.40. The van der Waals surface area contributed by atoms with Gasteiger partial charge in [-0.2, -0.15) is 18.4 Å². The van der Waals surface area contributed by atoms with Gasteiger partial charge in [-0.25, -0.2) is 0 Å². The quantitative estimate of drug-likeness (QED) is 0.513. The third-order valence-corrected chi connectivity index (χ3v) is 2.73. The molecule has 3 nitrogen and oxygen atoms in total. The van der Waals surface area contributed by atoms with Crippen LogP contribution in [-0.2, 0) is 11.0 Å². The molecular formula is C15H15F3N2O. The smallest absolute Gasteiger partial charge is 0.351 e. The number of unbranched alkanes of at least 4 members (excludes halogenated alkanes) is 1. The van der Waals surface area contributed by atoms with E-state index in [0.29, 0.717) is 12.1 Å². The number of hydrogen-bond acceptors (Lipinski definition) is 2. The average Bonchev–Trinajstić information content (AvgIpc) is 2.44. The van der Waals surface area contributed by atoms with Gasteiger partial charge in [0, 0.05) is 6.54 Å². The van der Waals surface area contributed by atoms with Gasteiger partial charge in [0.25, 0.3) is 5.91 Å². The fourth-order valence-corrected chi connectivity index (χ4v) is 1.56. The van der Waals surface area contributed by atoms with E-state index in [1.807, 2.05) is 6.92 Å². The van der Waals surface area contributed by atoms with Crippen molar-refractivity contribution in [2.75, 3.05) is 6.54 Å². The van der Waals surface area contributed by atoms with E-state index in [9.17, 15) is 18.0 Å². The second-order valence-corrected chi connectivity index (χ2v) is 4.40. The van der Waals surface area contributed by atoms with Crippen LogP contribution in [0.4, 0.5) is 13.2 Å². The number of nitrogens with one attached hydrogen (secondary N) is 1. The lowest BCUT2D eigenvalue weighted by Gasteiger charge is -2.06. The molecule has 1 aromatic rings. The van der Waals surface area contributed by atoms with E-state index < -0.39 is 17.6 Å². The Morgan fingerprint density at radius 2 is 1.95 bits per heavy atom. The van der Waals surface area contributed by atoms with Crippen LogP contribution in [-0.4, -0.2) is 12.5 Å². The molecule has 1 rings (SSSR count). The summed E-state index contributed by atoms with van der Waals surface area (Å²) in [6.45, 7) is 2.43. The molecule has 0 spiro atoms. The van der Waals surface area contributed by atoms with Crippen LogP contribution in [0.2, 0.25) is 0 Å². The van der Waals surface area contributed by atoms with Gasteiger partial charge in [-0.15, -0.1) is 0 Å². The molecule has 0 fully saturated rings. The van der Waals surface area contributed by atoms with Crippen LogP contribution in [0.25, 0.3) is 6.08 Å².